The van der Waals surface area contributed by atoms with E-state index >= 15 is 0 Å². The van der Waals surface area contributed by atoms with Gasteiger partial charge in [0.15, 0.2) is 5.82 Å². The Morgan fingerprint density at radius 2 is 1.96 bits per heavy atom. The standard InChI is InChI=1S/C18H11ClFN3OS/c1-10-5-2-3-6-11(10)16-21-22-18-23(16)17(24)15(25-18)9-12-13(19)7-4-8-14(12)20/h2-9H,1H3/b15-9-. The average molecular weight is 372 g/mol. The maximum absolute atomic E-state index is 14.0. The van der Waals surface area contributed by atoms with Crippen LogP contribution in [0.5, 0.6) is 0 Å². The smallest absolute Gasteiger partial charge is 0.267 e. The van der Waals surface area contributed by atoms with Crippen LogP contribution < -0.4 is 10.1 Å². The minimum absolute atomic E-state index is 0.191. The molecule has 0 atom stereocenters. The van der Waals surface area contributed by atoms with E-state index in [1.54, 1.807) is 6.07 Å². The zero-order chi connectivity index (χ0) is 17.6. The first-order valence-corrected chi connectivity index (χ1v) is 8.65. The van der Waals surface area contributed by atoms with E-state index in [1.807, 2.05) is 31.2 Å². The highest BCUT2D eigenvalue weighted by Gasteiger charge is 2.16. The molecule has 2 heterocycles. The second kappa shape index (κ2) is 6.06. The minimum Gasteiger partial charge on any atom is -0.267 e. The fraction of sp³-hybridized carbons (Fsp3) is 0.0556. The van der Waals surface area contributed by atoms with Gasteiger partial charge in [-0.15, -0.1) is 10.2 Å². The number of rotatable bonds is 2. The van der Waals surface area contributed by atoms with Gasteiger partial charge in [0.25, 0.3) is 5.56 Å². The summed E-state index contributed by atoms with van der Waals surface area (Å²) < 4.78 is 15.8. The molecule has 2 aromatic carbocycles. The summed E-state index contributed by atoms with van der Waals surface area (Å²) in [4.78, 5) is 13.3. The van der Waals surface area contributed by atoms with E-state index in [2.05, 4.69) is 10.2 Å². The van der Waals surface area contributed by atoms with Crippen molar-refractivity contribution in [1.82, 2.24) is 14.6 Å². The molecule has 0 saturated heterocycles. The molecule has 0 aliphatic rings. The molecular weight excluding hydrogens is 361 g/mol. The molecular formula is C18H11ClFN3OS. The van der Waals surface area contributed by atoms with E-state index in [9.17, 15) is 9.18 Å². The molecule has 124 valence electrons. The lowest BCUT2D eigenvalue weighted by Crippen LogP contribution is -2.23. The molecule has 0 unspecified atom stereocenters. The minimum atomic E-state index is -0.477. The quantitative estimate of drug-likeness (QED) is 0.542. The van der Waals surface area contributed by atoms with Gasteiger partial charge >= 0.3 is 0 Å². The van der Waals surface area contributed by atoms with Crippen LogP contribution in [0.25, 0.3) is 22.4 Å². The number of aromatic nitrogens is 3. The Balaban J connectivity index is 1.98. The summed E-state index contributed by atoms with van der Waals surface area (Å²) in [6.07, 6.45) is 1.46. The van der Waals surface area contributed by atoms with Crippen molar-refractivity contribution in [3.8, 4) is 11.4 Å². The molecule has 0 fully saturated rings. The first-order chi connectivity index (χ1) is 12.1. The summed E-state index contributed by atoms with van der Waals surface area (Å²) in [5, 5.41) is 8.48. The van der Waals surface area contributed by atoms with Crippen molar-refractivity contribution < 1.29 is 4.39 Å². The summed E-state index contributed by atoms with van der Waals surface area (Å²) >= 11 is 7.20. The van der Waals surface area contributed by atoms with Gasteiger partial charge in [0, 0.05) is 11.1 Å². The van der Waals surface area contributed by atoms with Gasteiger partial charge in [-0.2, -0.15) is 0 Å². The van der Waals surface area contributed by atoms with Gasteiger partial charge in [0.2, 0.25) is 4.96 Å². The Bertz CT molecular complexity index is 1190. The van der Waals surface area contributed by atoms with Crippen LogP contribution in [-0.2, 0) is 0 Å². The monoisotopic (exact) mass is 371 g/mol. The van der Waals surface area contributed by atoms with Crippen molar-refractivity contribution in [1.29, 1.82) is 0 Å². The first-order valence-electron chi connectivity index (χ1n) is 7.46. The SMILES string of the molecule is Cc1ccccc1-c1nnc2s/c(=C\c3c(F)cccc3Cl)c(=O)n12. The van der Waals surface area contributed by atoms with Gasteiger partial charge < -0.3 is 0 Å². The lowest BCUT2D eigenvalue weighted by Gasteiger charge is -2.01. The highest BCUT2D eigenvalue weighted by atomic mass is 35.5. The van der Waals surface area contributed by atoms with E-state index in [-0.39, 0.29) is 16.1 Å². The second-order valence-corrected chi connectivity index (χ2v) is 6.92. The Kier molecular flexibility index (Phi) is 3.86. The summed E-state index contributed by atoms with van der Waals surface area (Å²) in [7, 11) is 0. The second-order valence-electron chi connectivity index (χ2n) is 5.51. The Labute approximate surface area is 150 Å². The molecule has 0 bridgehead atoms. The zero-order valence-corrected chi connectivity index (χ0v) is 14.6. The third kappa shape index (κ3) is 2.63. The maximum atomic E-state index is 14.0. The summed E-state index contributed by atoms with van der Waals surface area (Å²) in [5.74, 6) is 0.00354. The molecule has 0 saturated carbocycles. The lowest BCUT2D eigenvalue weighted by molar-refractivity contribution is 0.625. The van der Waals surface area contributed by atoms with Crippen LogP contribution in [-0.4, -0.2) is 14.6 Å². The number of hydrogen-bond acceptors (Lipinski definition) is 4. The number of benzene rings is 2. The van der Waals surface area contributed by atoms with Crippen LogP contribution in [0.3, 0.4) is 0 Å². The van der Waals surface area contributed by atoms with Crippen LogP contribution in [0.15, 0.2) is 47.3 Å². The van der Waals surface area contributed by atoms with Crippen LogP contribution in [0.4, 0.5) is 4.39 Å². The Hall–Kier alpha value is -2.57. The molecule has 4 rings (SSSR count). The van der Waals surface area contributed by atoms with Gasteiger partial charge in [-0.1, -0.05) is 53.3 Å². The first kappa shape index (κ1) is 15.9. The van der Waals surface area contributed by atoms with Crippen molar-refractivity contribution in [2.75, 3.05) is 0 Å². The molecule has 4 aromatic rings. The number of aryl methyl sites for hydroxylation is 1. The largest absolute Gasteiger partial charge is 0.276 e. The topological polar surface area (TPSA) is 47.3 Å². The van der Waals surface area contributed by atoms with E-state index in [0.717, 1.165) is 22.5 Å². The predicted molar refractivity (Wildman–Crippen MR) is 97.5 cm³/mol. The molecule has 0 radical (unpaired) electrons. The van der Waals surface area contributed by atoms with Crippen LogP contribution in [0, 0.1) is 12.7 Å². The third-order valence-corrected chi connectivity index (χ3v) is 5.20. The lowest BCUT2D eigenvalue weighted by atomic mass is 10.1. The van der Waals surface area contributed by atoms with Crippen molar-refractivity contribution >= 4 is 34.0 Å². The predicted octanol–water partition coefficient (Wildman–Crippen LogP) is 3.47. The molecule has 0 amide bonds. The summed E-state index contributed by atoms with van der Waals surface area (Å²) in [6.45, 7) is 1.94. The normalized spacial score (nSPS) is 12.2. The summed E-state index contributed by atoms with van der Waals surface area (Å²) in [5.41, 5.74) is 1.73. The summed E-state index contributed by atoms with van der Waals surface area (Å²) in [6, 6.07) is 12.0. The Morgan fingerprint density at radius 1 is 1.16 bits per heavy atom. The van der Waals surface area contributed by atoms with Crippen LogP contribution in [0.2, 0.25) is 5.02 Å². The number of hydrogen-bond donors (Lipinski definition) is 0. The molecule has 7 heteroatoms. The van der Waals surface area contributed by atoms with E-state index in [1.165, 1.54) is 22.6 Å². The third-order valence-electron chi connectivity index (χ3n) is 3.91. The van der Waals surface area contributed by atoms with Gasteiger partial charge in [-0.05, 0) is 30.7 Å². The van der Waals surface area contributed by atoms with Crippen LogP contribution >= 0.6 is 22.9 Å². The average Bonchev–Trinajstić information content (AvgIpc) is 3.13. The van der Waals surface area contributed by atoms with Gasteiger partial charge in [0.1, 0.15) is 5.82 Å². The molecule has 0 N–H and O–H groups in total. The van der Waals surface area contributed by atoms with Crippen LogP contribution in [0.1, 0.15) is 11.1 Å². The number of thiazole rings is 1. The molecule has 0 aliphatic carbocycles. The fourth-order valence-corrected chi connectivity index (χ4v) is 3.75. The van der Waals surface area contributed by atoms with Gasteiger partial charge in [-0.3, -0.25) is 4.79 Å². The number of fused-ring (bicyclic) bond motifs is 1. The van der Waals surface area contributed by atoms with Crippen molar-refractivity contribution in [2.24, 2.45) is 0 Å². The highest BCUT2D eigenvalue weighted by molar-refractivity contribution is 7.15. The number of nitrogens with zero attached hydrogens (tertiary/aromatic N) is 3. The maximum Gasteiger partial charge on any atom is 0.276 e. The molecule has 2 aromatic heterocycles. The van der Waals surface area contributed by atoms with Crippen molar-refractivity contribution in [3.63, 3.8) is 0 Å². The van der Waals surface area contributed by atoms with E-state index < -0.39 is 5.82 Å². The number of halogens is 2. The molecule has 25 heavy (non-hydrogen) atoms. The Morgan fingerprint density at radius 3 is 2.72 bits per heavy atom. The fourth-order valence-electron chi connectivity index (χ4n) is 2.64. The van der Waals surface area contributed by atoms with Crippen molar-refractivity contribution in [2.45, 2.75) is 6.92 Å². The van der Waals surface area contributed by atoms with Crippen molar-refractivity contribution in [3.05, 3.63) is 79.3 Å². The zero-order valence-electron chi connectivity index (χ0n) is 13.0. The van der Waals surface area contributed by atoms with E-state index in [4.69, 9.17) is 11.6 Å². The van der Waals surface area contributed by atoms with E-state index in [0.29, 0.717) is 15.3 Å². The highest BCUT2D eigenvalue weighted by Crippen LogP contribution is 2.22. The van der Waals surface area contributed by atoms with Gasteiger partial charge in [-0.25, -0.2) is 8.79 Å². The van der Waals surface area contributed by atoms with Gasteiger partial charge in [0.05, 0.1) is 9.55 Å². The molecule has 0 spiro atoms. The molecule has 4 nitrogen and oxygen atoms in total. The molecule has 0 aliphatic heterocycles.